The molecule has 2 aromatic heterocycles. The van der Waals surface area contributed by atoms with Gasteiger partial charge in [0.2, 0.25) is 10.9 Å². The van der Waals surface area contributed by atoms with Crippen molar-refractivity contribution in [1.29, 1.82) is 0 Å². The normalized spacial score (nSPS) is 20.0. The lowest BCUT2D eigenvalue weighted by Gasteiger charge is -2.29. The van der Waals surface area contributed by atoms with Gasteiger partial charge in [-0.3, -0.25) is 0 Å². The van der Waals surface area contributed by atoms with Crippen LogP contribution in [-0.4, -0.2) is 55.1 Å². The van der Waals surface area contributed by atoms with Crippen molar-refractivity contribution in [2.24, 2.45) is 0 Å². The van der Waals surface area contributed by atoms with E-state index in [1.807, 2.05) is 36.6 Å². The molecule has 5 rings (SSSR count). The summed E-state index contributed by atoms with van der Waals surface area (Å²) < 4.78 is 22.0. The number of halogens is 2. The molecule has 1 aliphatic rings. The molecule has 1 aliphatic heterocycles. The third-order valence-corrected chi connectivity index (χ3v) is 6.26. The summed E-state index contributed by atoms with van der Waals surface area (Å²) in [4.78, 5) is 8.49. The number of benzene rings is 2. The first-order valence-corrected chi connectivity index (χ1v) is 12.3. The first-order valence-electron chi connectivity index (χ1n) is 10.4. The van der Waals surface area contributed by atoms with Gasteiger partial charge in [-0.05, 0) is 30.5 Å². The molecule has 0 bridgehead atoms. The van der Waals surface area contributed by atoms with E-state index in [1.165, 1.54) is 18.1 Å². The largest absolute Gasteiger partial charge is 0.460 e. The molecule has 9 nitrogen and oxygen atoms in total. The van der Waals surface area contributed by atoms with Gasteiger partial charge >= 0.3 is 6.01 Å². The molecule has 34 heavy (non-hydrogen) atoms. The standard InChI is InChI=1S/C22H20Cl2N6O3S/c1-34-20-27-21(30(28-20)16-5-3-2-4-6-16)31-10-17-11-32-22(33-17,12-29-14-25-13-26-29)18-8-7-15(23)9-19(18)24/h2-9,13-14,17H,10-12H2,1H3. The van der Waals surface area contributed by atoms with Crippen molar-refractivity contribution < 1.29 is 14.2 Å². The number of ether oxygens (including phenoxy) is 3. The van der Waals surface area contributed by atoms with E-state index in [9.17, 15) is 0 Å². The van der Waals surface area contributed by atoms with Gasteiger partial charge in [0, 0.05) is 10.6 Å². The van der Waals surface area contributed by atoms with Gasteiger partial charge in [-0.25, -0.2) is 9.67 Å². The zero-order valence-electron chi connectivity index (χ0n) is 18.0. The van der Waals surface area contributed by atoms with Crippen molar-refractivity contribution >= 4 is 35.0 Å². The van der Waals surface area contributed by atoms with Gasteiger partial charge in [-0.1, -0.05) is 59.2 Å². The first kappa shape index (κ1) is 23.1. The molecule has 0 radical (unpaired) electrons. The first-order chi connectivity index (χ1) is 16.6. The van der Waals surface area contributed by atoms with Crippen LogP contribution in [-0.2, 0) is 21.8 Å². The van der Waals surface area contributed by atoms with Crippen molar-refractivity contribution in [2.45, 2.75) is 23.6 Å². The summed E-state index contributed by atoms with van der Waals surface area (Å²) in [5.74, 6) is -1.18. The van der Waals surface area contributed by atoms with Gasteiger partial charge < -0.3 is 14.2 Å². The molecule has 176 valence electrons. The van der Waals surface area contributed by atoms with Crippen molar-refractivity contribution in [3.63, 3.8) is 0 Å². The van der Waals surface area contributed by atoms with Crippen molar-refractivity contribution in [2.75, 3.05) is 19.5 Å². The number of hydrogen-bond donors (Lipinski definition) is 0. The average Bonchev–Trinajstić information content (AvgIpc) is 3.59. The van der Waals surface area contributed by atoms with Crippen LogP contribution in [0.2, 0.25) is 10.0 Å². The highest BCUT2D eigenvalue weighted by molar-refractivity contribution is 7.98. The fraction of sp³-hybridized carbons (Fsp3) is 0.273. The third kappa shape index (κ3) is 4.77. The van der Waals surface area contributed by atoms with E-state index in [1.54, 1.807) is 33.9 Å². The second-order valence-corrected chi connectivity index (χ2v) is 9.08. The topological polar surface area (TPSA) is 89.1 Å². The van der Waals surface area contributed by atoms with Gasteiger partial charge in [0.25, 0.3) is 0 Å². The Morgan fingerprint density at radius 2 is 2.06 bits per heavy atom. The van der Waals surface area contributed by atoms with Crippen LogP contribution in [0.1, 0.15) is 5.56 Å². The van der Waals surface area contributed by atoms with Crippen LogP contribution < -0.4 is 4.74 Å². The van der Waals surface area contributed by atoms with Gasteiger partial charge in [-0.15, -0.1) is 5.10 Å². The van der Waals surface area contributed by atoms with E-state index in [4.69, 9.17) is 37.4 Å². The third-order valence-electron chi connectivity index (χ3n) is 5.18. The fourth-order valence-corrected chi connectivity index (χ4v) is 4.53. The summed E-state index contributed by atoms with van der Waals surface area (Å²) in [5.41, 5.74) is 1.50. The SMILES string of the molecule is CSc1nc(OCC2COC(Cn3cncn3)(c3ccc(Cl)cc3Cl)O2)n(-c2ccccc2)n1. The van der Waals surface area contributed by atoms with E-state index >= 15 is 0 Å². The molecule has 1 saturated heterocycles. The van der Waals surface area contributed by atoms with Crippen LogP contribution in [0, 0.1) is 0 Å². The summed E-state index contributed by atoms with van der Waals surface area (Å²) in [6.07, 6.45) is 4.56. The van der Waals surface area contributed by atoms with Gasteiger partial charge in [0.1, 0.15) is 31.9 Å². The molecule has 2 atom stereocenters. The van der Waals surface area contributed by atoms with Crippen LogP contribution in [0.3, 0.4) is 0 Å². The molecule has 2 unspecified atom stereocenters. The summed E-state index contributed by atoms with van der Waals surface area (Å²) in [7, 11) is 0. The number of thioether (sulfide) groups is 1. The number of hydrogen-bond acceptors (Lipinski definition) is 8. The van der Waals surface area contributed by atoms with Crippen molar-refractivity contribution in [3.05, 3.63) is 76.8 Å². The maximum atomic E-state index is 6.52. The lowest BCUT2D eigenvalue weighted by molar-refractivity contribution is -0.190. The Balaban J connectivity index is 1.37. The maximum Gasteiger partial charge on any atom is 0.320 e. The van der Waals surface area contributed by atoms with E-state index in [0.717, 1.165) is 5.69 Å². The Labute approximate surface area is 210 Å². The van der Waals surface area contributed by atoms with Crippen molar-refractivity contribution in [3.8, 4) is 11.7 Å². The molecular formula is C22H20Cl2N6O3S. The molecule has 2 aromatic carbocycles. The molecule has 0 aliphatic carbocycles. The minimum atomic E-state index is -1.18. The van der Waals surface area contributed by atoms with E-state index in [0.29, 0.717) is 26.8 Å². The second-order valence-electron chi connectivity index (χ2n) is 7.46. The minimum absolute atomic E-state index is 0.198. The highest BCUT2D eigenvalue weighted by atomic mass is 35.5. The van der Waals surface area contributed by atoms with Crippen LogP contribution in [0.15, 0.2) is 66.3 Å². The number of nitrogens with zero attached hydrogens (tertiary/aromatic N) is 6. The Morgan fingerprint density at radius 1 is 1.21 bits per heavy atom. The Morgan fingerprint density at radius 3 is 2.79 bits per heavy atom. The second kappa shape index (κ2) is 9.93. The van der Waals surface area contributed by atoms with Crippen LogP contribution >= 0.6 is 35.0 Å². The molecule has 12 heteroatoms. The summed E-state index contributed by atoms with van der Waals surface area (Å²) in [6, 6.07) is 15.2. The Hall–Kier alpha value is -2.63. The molecule has 0 spiro atoms. The summed E-state index contributed by atoms with van der Waals surface area (Å²) in [6.45, 7) is 0.730. The van der Waals surface area contributed by atoms with Gasteiger partial charge in [0.05, 0.1) is 17.3 Å². The van der Waals surface area contributed by atoms with Crippen LogP contribution in [0.4, 0.5) is 0 Å². The average molecular weight is 519 g/mol. The lowest BCUT2D eigenvalue weighted by Crippen LogP contribution is -2.35. The highest BCUT2D eigenvalue weighted by Gasteiger charge is 2.45. The monoisotopic (exact) mass is 518 g/mol. The van der Waals surface area contributed by atoms with Gasteiger partial charge in [0.15, 0.2) is 0 Å². The van der Waals surface area contributed by atoms with E-state index in [-0.39, 0.29) is 19.8 Å². The number of rotatable bonds is 8. The van der Waals surface area contributed by atoms with Crippen molar-refractivity contribution in [1.82, 2.24) is 29.5 Å². The zero-order chi connectivity index (χ0) is 23.5. The lowest BCUT2D eigenvalue weighted by atomic mass is 10.1. The fourth-order valence-electron chi connectivity index (χ4n) is 3.65. The van der Waals surface area contributed by atoms with Crippen LogP contribution in [0.25, 0.3) is 5.69 Å². The maximum absolute atomic E-state index is 6.52. The predicted molar refractivity (Wildman–Crippen MR) is 128 cm³/mol. The van der Waals surface area contributed by atoms with E-state index in [2.05, 4.69) is 20.2 Å². The molecule has 0 saturated carbocycles. The zero-order valence-corrected chi connectivity index (χ0v) is 20.4. The Kier molecular flexibility index (Phi) is 6.75. The molecule has 0 N–H and O–H groups in total. The summed E-state index contributed by atoms with van der Waals surface area (Å²) in [5, 5.41) is 10.3. The highest BCUT2D eigenvalue weighted by Crippen LogP contribution is 2.40. The predicted octanol–water partition coefficient (Wildman–Crippen LogP) is 4.23. The molecule has 4 aromatic rings. The molecular weight excluding hydrogens is 499 g/mol. The van der Waals surface area contributed by atoms with Crippen LogP contribution in [0.5, 0.6) is 6.01 Å². The number of para-hydroxylation sites is 1. The molecule has 3 heterocycles. The Bertz CT molecular complexity index is 1260. The quantitative estimate of drug-likeness (QED) is 0.320. The van der Waals surface area contributed by atoms with E-state index < -0.39 is 11.9 Å². The number of aromatic nitrogens is 6. The molecule has 1 fully saturated rings. The minimum Gasteiger partial charge on any atom is -0.460 e. The smallest absolute Gasteiger partial charge is 0.320 e. The summed E-state index contributed by atoms with van der Waals surface area (Å²) >= 11 is 14.1. The molecule has 0 amide bonds. The van der Waals surface area contributed by atoms with Gasteiger partial charge in [-0.2, -0.15) is 14.8 Å².